The Balaban J connectivity index is 2.32. The minimum Gasteiger partial charge on any atom is -0.393 e. The molecule has 1 fully saturated rings. The van der Waals surface area contributed by atoms with E-state index in [1.165, 1.54) is 6.42 Å². The molecule has 3 atom stereocenters. The van der Waals surface area contributed by atoms with Crippen LogP contribution in [0.1, 0.15) is 51.9 Å². The van der Waals surface area contributed by atoms with Crippen molar-refractivity contribution in [2.75, 3.05) is 12.3 Å². The minimum atomic E-state index is -3.29. The molecule has 0 bridgehead atoms. The van der Waals surface area contributed by atoms with Crippen LogP contribution in [0.2, 0.25) is 0 Å². The maximum Gasteiger partial charge on any atom is 0.203 e. The van der Waals surface area contributed by atoms with Gasteiger partial charge in [0.25, 0.3) is 0 Å². The van der Waals surface area contributed by atoms with E-state index in [2.05, 4.69) is 0 Å². The van der Waals surface area contributed by atoms with Crippen LogP contribution in [0.3, 0.4) is 0 Å². The summed E-state index contributed by atoms with van der Waals surface area (Å²) in [6.45, 7) is 1.61. The van der Waals surface area contributed by atoms with Crippen LogP contribution in [0.15, 0.2) is 0 Å². The Labute approximate surface area is 121 Å². The van der Waals surface area contributed by atoms with Crippen LogP contribution < -0.4 is 5.73 Å². The molecule has 1 saturated carbocycles. The Hall–Kier alpha value is -0.220. The molecule has 1 aliphatic carbocycles. The number of aliphatic hydroxyl groups is 1. The van der Waals surface area contributed by atoms with Gasteiger partial charge in [-0.15, -0.1) is 0 Å². The van der Waals surface area contributed by atoms with Crippen molar-refractivity contribution >= 4 is 13.2 Å². The molecule has 6 heteroatoms. The molecule has 0 aromatic rings. The number of carbonyl (C=O) groups excluding carboxylic acids is 1. The van der Waals surface area contributed by atoms with E-state index in [0.717, 1.165) is 25.7 Å². The average Bonchev–Trinajstić information content (AvgIpc) is 2.35. The van der Waals surface area contributed by atoms with E-state index in [-0.39, 0.29) is 24.8 Å². The highest BCUT2D eigenvalue weighted by molar-refractivity contribution is 7.58. The summed E-state index contributed by atoms with van der Waals surface area (Å²) in [7, 11) is -3.29. The molecule has 0 aromatic carbocycles. The average molecular weight is 305 g/mol. The van der Waals surface area contributed by atoms with Crippen LogP contribution in [0.4, 0.5) is 0 Å². The normalized spacial score (nSPS) is 23.0. The number of carbonyl (C=O) groups is 1. The van der Waals surface area contributed by atoms with E-state index in [1.807, 2.05) is 0 Å². The summed E-state index contributed by atoms with van der Waals surface area (Å²) in [5, 5.41) is 9.82. The van der Waals surface area contributed by atoms with E-state index in [9.17, 15) is 19.4 Å². The van der Waals surface area contributed by atoms with Gasteiger partial charge in [-0.05, 0) is 32.1 Å². The molecule has 0 heterocycles. The van der Waals surface area contributed by atoms with E-state index in [4.69, 9.17) is 5.73 Å². The van der Waals surface area contributed by atoms with E-state index in [1.54, 1.807) is 6.92 Å². The third-order valence-electron chi connectivity index (χ3n) is 4.00. The molecule has 118 valence electrons. The van der Waals surface area contributed by atoms with Gasteiger partial charge in [0.15, 0.2) is 0 Å². The van der Waals surface area contributed by atoms with Crippen molar-refractivity contribution in [2.45, 2.75) is 64.0 Å². The molecule has 0 amide bonds. The Kier molecular flexibility index (Phi) is 7.38. The molecule has 5 nitrogen and oxygen atoms in total. The highest BCUT2D eigenvalue weighted by Crippen LogP contribution is 2.46. The number of hydrogen-bond donors (Lipinski definition) is 3. The van der Waals surface area contributed by atoms with Gasteiger partial charge in [0.2, 0.25) is 7.37 Å². The van der Waals surface area contributed by atoms with Gasteiger partial charge in [-0.2, -0.15) is 0 Å². The van der Waals surface area contributed by atoms with Gasteiger partial charge >= 0.3 is 0 Å². The van der Waals surface area contributed by atoms with Crippen LogP contribution in [-0.4, -0.2) is 40.3 Å². The van der Waals surface area contributed by atoms with Gasteiger partial charge in [0.1, 0.15) is 5.78 Å². The summed E-state index contributed by atoms with van der Waals surface area (Å²) in [5.41, 5.74) is 5.44. The lowest BCUT2D eigenvalue weighted by molar-refractivity contribution is -0.120. The molecule has 0 spiro atoms. The van der Waals surface area contributed by atoms with Crippen molar-refractivity contribution in [3.8, 4) is 0 Å². The number of nitrogens with two attached hydrogens (primary N) is 1. The first-order chi connectivity index (χ1) is 9.30. The Morgan fingerprint density at radius 2 is 1.95 bits per heavy atom. The summed E-state index contributed by atoms with van der Waals surface area (Å²) in [4.78, 5) is 21.4. The summed E-state index contributed by atoms with van der Waals surface area (Å²) < 4.78 is 12.2. The summed E-state index contributed by atoms with van der Waals surface area (Å²) in [5.74, 6) is 0.196. The second-order valence-corrected chi connectivity index (χ2v) is 8.59. The molecule has 0 aromatic heterocycles. The van der Waals surface area contributed by atoms with Gasteiger partial charge < -0.3 is 15.7 Å². The van der Waals surface area contributed by atoms with Gasteiger partial charge in [-0.25, -0.2) is 0 Å². The zero-order valence-corrected chi connectivity index (χ0v) is 13.2. The van der Waals surface area contributed by atoms with E-state index < -0.39 is 19.5 Å². The number of hydrogen-bond acceptors (Lipinski definition) is 4. The number of aliphatic hydroxyl groups excluding tert-OH is 1. The highest BCUT2D eigenvalue weighted by Gasteiger charge is 2.28. The van der Waals surface area contributed by atoms with E-state index in [0.29, 0.717) is 12.1 Å². The monoisotopic (exact) mass is 305 g/mol. The van der Waals surface area contributed by atoms with E-state index >= 15 is 0 Å². The van der Waals surface area contributed by atoms with Crippen LogP contribution in [0.25, 0.3) is 0 Å². The first-order valence-corrected chi connectivity index (χ1v) is 9.60. The summed E-state index contributed by atoms with van der Waals surface area (Å²) in [6.07, 6.45) is 5.23. The topological polar surface area (TPSA) is 101 Å². The second kappa shape index (κ2) is 8.28. The number of Topliss-reactive ketones (excluding diaryl/α,β-unsaturated/α-hetero) is 1. The van der Waals surface area contributed by atoms with Gasteiger partial charge in [-0.3, -0.25) is 9.36 Å². The molecule has 1 rings (SSSR count). The second-order valence-electron chi connectivity index (χ2n) is 6.16. The largest absolute Gasteiger partial charge is 0.393 e. The quantitative estimate of drug-likeness (QED) is 0.595. The molecule has 0 saturated heterocycles. The van der Waals surface area contributed by atoms with Crippen LogP contribution in [0.5, 0.6) is 0 Å². The van der Waals surface area contributed by atoms with Gasteiger partial charge in [0, 0.05) is 12.6 Å². The fraction of sp³-hybridized carbons (Fsp3) is 0.929. The van der Waals surface area contributed by atoms with Crippen LogP contribution >= 0.6 is 7.37 Å². The van der Waals surface area contributed by atoms with Crippen molar-refractivity contribution in [1.29, 1.82) is 0 Å². The molecule has 1 unspecified atom stereocenters. The lowest BCUT2D eigenvalue weighted by Crippen LogP contribution is -2.28. The SMILES string of the molecule is C[C@H](N)C(=O)CC[C@@H](O)CP(=O)(O)CC1CCCCC1. The number of rotatable bonds is 8. The minimum absolute atomic E-state index is 0.101. The fourth-order valence-corrected chi connectivity index (χ4v) is 4.97. The first-order valence-electron chi connectivity index (χ1n) is 7.57. The predicted molar refractivity (Wildman–Crippen MR) is 80.0 cm³/mol. The van der Waals surface area contributed by atoms with Crippen molar-refractivity contribution in [2.24, 2.45) is 11.7 Å². The molecular formula is C14H28NO4P. The van der Waals surface area contributed by atoms with Crippen molar-refractivity contribution in [3.63, 3.8) is 0 Å². The third kappa shape index (κ3) is 6.98. The van der Waals surface area contributed by atoms with Crippen molar-refractivity contribution in [1.82, 2.24) is 0 Å². The van der Waals surface area contributed by atoms with Crippen molar-refractivity contribution in [3.05, 3.63) is 0 Å². The molecule has 4 N–H and O–H groups in total. The maximum atomic E-state index is 12.2. The molecule has 0 radical (unpaired) electrons. The van der Waals surface area contributed by atoms with Crippen molar-refractivity contribution < 1.29 is 19.4 Å². The molecule has 20 heavy (non-hydrogen) atoms. The lowest BCUT2D eigenvalue weighted by atomic mass is 9.91. The Morgan fingerprint density at radius 1 is 1.35 bits per heavy atom. The fourth-order valence-electron chi connectivity index (χ4n) is 2.80. The summed E-state index contributed by atoms with van der Waals surface area (Å²) >= 11 is 0. The molecule has 1 aliphatic rings. The maximum absolute atomic E-state index is 12.2. The zero-order valence-electron chi connectivity index (χ0n) is 12.3. The predicted octanol–water partition coefficient (Wildman–Crippen LogP) is 1.89. The van der Waals surface area contributed by atoms with Gasteiger partial charge in [0.05, 0.1) is 18.3 Å². The van der Waals surface area contributed by atoms with Crippen LogP contribution in [0, 0.1) is 5.92 Å². The van der Waals surface area contributed by atoms with Gasteiger partial charge in [-0.1, -0.05) is 19.3 Å². The first kappa shape index (κ1) is 17.8. The molecular weight excluding hydrogens is 277 g/mol. The Bertz CT molecular complexity index is 353. The molecule has 0 aliphatic heterocycles. The third-order valence-corrected chi connectivity index (χ3v) is 6.08. The highest BCUT2D eigenvalue weighted by atomic mass is 31.2. The number of ketones is 1. The zero-order chi connectivity index (χ0) is 15.2. The summed E-state index contributed by atoms with van der Waals surface area (Å²) in [6, 6.07) is -0.537. The Morgan fingerprint density at radius 3 is 2.50 bits per heavy atom. The van der Waals surface area contributed by atoms with Crippen LogP contribution in [-0.2, 0) is 9.36 Å². The smallest absolute Gasteiger partial charge is 0.203 e. The standard InChI is InChI=1S/C14H28NO4P/c1-11(15)14(17)8-7-13(16)10-20(18,19)9-12-5-3-2-4-6-12/h11-13,16H,2-10,15H2,1H3,(H,18,19)/t11-,13+/m0/s1. The lowest BCUT2D eigenvalue weighted by Gasteiger charge is -2.25.